The molecule has 118 valence electrons. The van der Waals surface area contributed by atoms with E-state index in [1.165, 1.54) is 0 Å². The summed E-state index contributed by atoms with van der Waals surface area (Å²) in [4.78, 5) is 12.5. The number of esters is 1. The van der Waals surface area contributed by atoms with Gasteiger partial charge in [0.25, 0.3) is 0 Å². The van der Waals surface area contributed by atoms with Crippen molar-refractivity contribution in [1.82, 2.24) is 5.32 Å². The van der Waals surface area contributed by atoms with Crippen molar-refractivity contribution in [3.8, 4) is 0 Å². The Morgan fingerprint density at radius 1 is 1.38 bits per heavy atom. The molecule has 3 unspecified atom stereocenters. The van der Waals surface area contributed by atoms with Gasteiger partial charge in [-0.3, -0.25) is 0 Å². The second-order valence-electron chi connectivity index (χ2n) is 5.00. The average molecular weight is 311 g/mol. The fraction of sp³-hybridized carbons (Fsp3) is 0.562. The van der Waals surface area contributed by atoms with E-state index < -0.39 is 11.6 Å². The van der Waals surface area contributed by atoms with Crippen LogP contribution < -0.4 is 5.32 Å². The summed E-state index contributed by atoms with van der Waals surface area (Å²) in [5, 5.41) is 12.8. The number of likely N-dealkylation sites (N-methyl/N-ethyl adjacent to an activating group) is 1. The van der Waals surface area contributed by atoms with Crippen LogP contribution in [0.5, 0.6) is 0 Å². The highest BCUT2D eigenvalue weighted by molar-refractivity contribution is 8.00. The Morgan fingerprint density at radius 2 is 2.00 bits per heavy atom. The number of thioether (sulfide) groups is 1. The molecular formula is C16H25NO3S. The summed E-state index contributed by atoms with van der Waals surface area (Å²) in [6.45, 7) is 5.85. The number of nitrogens with one attached hydrogen (secondary N) is 1. The molecule has 3 atom stereocenters. The van der Waals surface area contributed by atoms with Gasteiger partial charge in [0.1, 0.15) is 0 Å². The molecule has 2 N–H and O–H groups in total. The number of carbonyl (C=O) groups excluding carboxylic acids is 1. The zero-order valence-electron chi connectivity index (χ0n) is 13.1. The van der Waals surface area contributed by atoms with E-state index in [1.807, 2.05) is 37.3 Å². The van der Waals surface area contributed by atoms with Crippen LogP contribution >= 0.6 is 11.8 Å². The van der Waals surface area contributed by atoms with E-state index in [2.05, 4.69) is 5.32 Å². The second kappa shape index (κ2) is 8.41. The summed E-state index contributed by atoms with van der Waals surface area (Å²) >= 11 is 1.55. The van der Waals surface area contributed by atoms with Crippen LogP contribution in [-0.2, 0) is 15.1 Å². The quantitative estimate of drug-likeness (QED) is 0.721. The van der Waals surface area contributed by atoms with Crippen molar-refractivity contribution in [3.05, 3.63) is 35.9 Å². The first kappa shape index (κ1) is 18.0. The lowest BCUT2D eigenvalue weighted by atomic mass is 9.92. The molecule has 0 aliphatic rings. The van der Waals surface area contributed by atoms with Crippen LogP contribution in [0.2, 0.25) is 0 Å². The summed E-state index contributed by atoms with van der Waals surface area (Å²) in [5.41, 5.74) is -0.0262. The lowest BCUT2D eigenvalue weighted by Gasteiger charge is -2.32. The van der Waals surface area contributed by atoms with Crippen molar-refractivity contribution in [3.63, 3.8) is 0 Å². The monoisotopic (exact) mass is 311 g/mol. The molecule has 0 fully saturated rings. The molecule has 0 heterocycles. The van der Waals surface area contributed by atoms with E-state index in [9.17, 15) is 9.90 Å². The van der Waals surface area contributed by atoms with E-state index in [1.54, 1.807) is 32.7 Å². The molecule has 1 rings (SSSR count). The largest absolute Gasteiger partial charge is 0.464 e. The van der Waals surface area contributed by atoms with Gasteiger partial charge in [-0.1, -0.05) is 37.3 Å². The van der Waals surface area contributed by atoms with Gasteiger partial charge >= 0.3 is 5.97 Å². The maximum atomic E-state index is 12.5. The molecule has 0 saturated heterocycles. The molecular weight excluding hydrogens is 286 g/mol. The summed E-state index contributed by atoms with van der Waals surface area (Å²) in [7, 11) is 1.76. The topological polar surface area (TPSA) is 58.6 Å². The van der Waals surface area contributed by atoms with Crippen LogP contribution in [0, 0.1) is 0 Å². The van der Waals surface area contributed by atoms with E-state index in [-0.39, 0.29) is 11.2 Å². The van der Waals surface area contributed by atoms with Gasteiger partial charge in [-0.05, 0) is 26.5 Å². The molecule has 0 spiro atoms. The minimum Gasteiger partial charge on any atom is -0.464 e. The maximum Gasteiger partial charge on any atom is 0.331 e. The molecule has 5 heteroatoms. The first-order chi connectivity index (χ1) is 9.97. The highest BCUT2D eigenvalue weighted by atomic mass is 32.2. The van der Waals surface area contributed by atoms with Crippen LogP contribution in [0.4, 0.5) is 0 Å². The lowest BCUT2D eigenvalue weighted by Crippen LogP contribution is -2.51. The number of hydrogen-bond donors (Lipinski definition) is 2. The van der Waals surface area contributed by atoms with Crippen molar-refractivity contribution in [2.75, 3.05) is 19.4 Å². The SMILES string of the molecule is CCOC(=O)C(CSC(C)C(C)O)(NC)c1ccccc1. The van der Waals surface area contributed by atoms with Crippen molar-refractivity contribution >= 4 is 17.7 Å². The van der Waals surface area contributed by atoms with Crippen LogP contribution in [0.25, 0.3) is 0 Å². The van der Waals surface area contributed by atoms with Crippen molar-refractivity contribution in [2.24, 2.45) is 0 Å². The number of carbonyl (C=O) groups is 1. The van der Waals surface area contributed by atoms with Crippen LogP contribution in [0.3, 0.4) is 0 Å². The summed E-state index contributed by atoms with van der Waals surface area (Å²) in [6.07, 6.45) is -0.428. The Balaban J connectivity index is 3.06. The number of rotatable bonds is 8. The predicted octanol–water partition coefficient (Wildman–Crippen LogP) is 2.17. The number of benzene rings is 1. The Kier molecular flexibility index (Phi) is 7.22. The number of aliphatic hydroxyl groups excluding tert-OH is 1. The lowest BCUT2D eigenvalue weighted by molar-refractivity contribution is -0.150. The molecule has 1 aromatic rings. The molecule has 0 radical (unpaired) electrons. The van der Waals surface area contributed by atoms with Crippen LogP contribution in [0.15, 0.2) is 30.3 Å². The van der Waals surface area contributed by atoms with Gasteiger partial charge in [-0.2, -0.15) is 11.8 Å². The standard InChI is InChI=1S/C16H25NO3S/c1-5-20-15(19)16(17-4,11-21-13(3)12(2)18)14-9-7-6-8-10-14/h6-10,12-13,17-18H,5,11H2,1-4H3. The zero-order valence-corrected chi connectivity index (χ0v) is 13.9. The van der Waals surface area contributed by atoms with Crippen LogP contribution in [0.1, 0.15) is 26.3 Å². The highest BCUT2D eigenvalue weighted by Crippen LogP contribution is 2.30. The van der Waals surface area contributed by atoms with Gasteiger partial charge in [0.05, 0.1) is 12.7 Å². The number of ether oxygens (including phenoxy) is 1. The Morgan fingerprint density at radius 3 is 2.48 bits per heavy atom. The van der Waals surface area contributed by atoms with E-state index in [0.717, 1.165) is 5.56 Å². The smallest absolute Gasteiger partial charge is 0.331 e. The van der Waals surface area contributed by atoms with Gasteiger partial charge in [-0.15, -0.1) is 0 Å². The third kappa shape index (κ3) is 4.46. The first-order valence-electron chi connectivity index (χ1n) is 7.19. The second-order valence-corrected chi connectivity index (χ2v) is 6.36. The molecule has 0 aromatic heterocycles. The van der Waals surface area contributed by atoms with Gasteiger partial charge in [0, 0.05) is 11.0 Å². The fourth-order valence-electron chi connectivity index (χ4n) is 1.95. The summed E-state index contributed by atoms with van der Waals surface area (Å²) in [6, 6.07) is 9.56. The number of aliphatic hydroxyl groups is 1. The Labute approximate surface area is 131 Å². The third-order valence-electron chi connectivity index (χ3n) is 3.56. The Hall–Kier alpha value is -1.04. The zero-order chi connectivity index (χ0) is 15.9. The van der Waals surface area contributed by atoms with Gasteiger partial charge < -0.3 is 15.2 Å². The van der Waals surface area contributed by atoms with Crippen molar-refractivity contribution in [1.29, 1.82) is 0 Å². The number of hydrogen-bond acceptors (Lipinski definition) is 5. The molecule has 0 aliphatic carbocycles. The normalized spacial score (nSPS) is 16.8. The molecule has 0 aliphatic heterocycles. The van der Waals surface area contributed by atoms with Crippen molar-refractivity contribution < 1.29 is 14.6 Å². The van der Waals surface area contributed by atoms with Crippen molar-refractivity contribution in [2.45, 2.75) is 37.7 Å². The summed E-state index contributed by atoms with van der Waals surface area (Å²) < 4.78 is 5.27. The predicted molar refractivity (Wildman–Crippen MR) is 87.4 cm³/mol. The summed E-state index contributed by atoms with van der Waals surface area (Å²) in [5.74, 6) is 0.210. The van der Waals surface area contributed by atoms with Gasteiger partial charge in [0.2, 0.25) is 0 Å². The fourth-order valence-corrected chi connectivity index (χ4v) is 3.17. The minimum atomic E-state index is -0.898. The molecule has 0 saturated carbocycles. The minimum absolute atomic E-state index is 0.0378. The van der Waals surface area contributed by atoms with E-state index >= 15 is 0 Å². The average Bonchev–Trinajstić information content (AvgIpc) is 2.49. The van der Waals surface area contributed by atoms with Gasteiger partial charge in [-0.25, -0.2) is 4.79 Å². The molecule has 1 aromatic carbocycles. The molecule has 21 heavy (non-hydrogen) atoms. The van der Waals surface area contributed by atoms with E-state index in [4.69, 9.17) is 4.74 Å². The highest BCUT2D eigenvalue weighted by Gasteiger charge is 2.40. The Bertz CT molecular complexity index is 438. The van der Waals surface area contributed by atoms with Gasteiger partial charge in [0.15, 0.2) is 5.54 Å². The third-order valence-corrected chi connectivity index (χ3v) is 5.08. The maximum absolute atomic E-state index is 12.5. The van der Waals surface area contributed by atoms with Crippen LogP contribution in [-0.4, -0.2) is 41.8 Å². The van der Waals surface area contributed by atoms with E-state index in [0.29, 0.717) is 12.4 Å². The molecule has 4 nitrogen and oxygen atoms in total. The molecule has 0 amide bonds. The molecule has 0 bridgehead atoms. The first-order valence-corrected chi connectivity index (χ1v) is 8.24.